The van der Waals surface area contributed by atoms with Gasteiger partial charge in [0.1, 0.15) is 18.2 Å². The van der Waals surface area contributed by atoms with Crippen molar-refractivity contribution >= 4 is 12.0 Å². The van der Waals surface area contributed by atoms with E-state index in [1.54, 1.807) is 13.8 Å². The lowest BCUT2D eigenvalue weighted by molar-refractivity contribution is -0.140. The minimum absolute atomic E-state index is 0.0106. The van der Waals surface area contributed by atoms with Crippen LogP contribution < -0.4 is 5.32 Å². The van der Waals surface area contributed by atoms with E-state index >= 15 is 0 Å². The van der Waals surface area contributed by atoms with Gasteiger partial charge in [0.25, 0.3) is 0 Å². The van der Waals surface area contributed by atoms with Gasteiger partial charge in [-0.15, -0.1) is 0 Å². The minimum atomic E-state index is -1.06. The third kappa shape index (κ3) is 3.96. The molecular formula is C17H20F2N2O4. The van der Waals surface area contributed by atoms with Gasteiger partial charge in [0, 0.05) is 31.0 Å². The lowest BCUT2D eigenvalue weighted by atomic mass is 9.94. The largest absolute Gasteiger partial charge is 0.460 e. The molecule has 0 saturated carbocycles. The Bertz CT molecular complexity index is 706. The molecule has 25 heavy (non-hydrogen) atoms. The summed E-state index contributed by atoms with van der Waals surface area (Å²) in [6.07, 6.45) is 0. The molecule has 0 radical (unpaired) electrons. The van der Waals surface area contributed by atoms with Crippen molar-refractivity contribution in [2.45, 2.75) is 19.9 Å². The van der Waals surface area contributed by atoms with Crippen LogP contribution in [0.4, 0.5) is 13.6 Å². The maximum Gasteiger partial charge on any atom is 0.338 e. The van der Waals surface area contributed by atoms with Crippen molar-refractivity contribution in [3.05, 3.63) is 46.7 Å². The van der Waals surface area contributed by atoms with Crippen LogP contribution in [0, 0.1) is 11.6 Å². The number of allylic oxidation sites excluding steroid dienone is 1. The van der Waals surface area contributed by atoms with E-state index in [1.165, 1.54) is 18.1 Å². The zero-order valence-electron chi connectivity index (χ0n) is 14.3. The Morgan fingerprint density at radius 2 is 2.04 bits per heavy atom. The number of urea groups is 1. The molecule has 136 valence electrons. The maximum absolute atomic E-state index is 14.2. The second kappa shape index (κ2) is 8.06. The Labute approximate surface area is 144 Å². The average molecular weight is 354 g/mol. The molecule has 6 nitrogen and oxygen atoms in total. The summed E-state index contributed by atoms with van der Waals surface area (Å²) in [6.45, 7) is 3.88. The van der Waals surface area contributed by atoms with E-state index < -0.39 is 29.7 Å². The topological polar surface area (TPSA) is 67.9 Å². The van der Waals surface area contributed by atoms with Gasteiger partial charge in [-0.1, -0.05) is 6.07 Å². The lowest BCUT2D eigenvalue weighted by Gasteiger charge is -2.34. The van der Waals surface area contributed by atoms with E-state index in [2.05, 4.69) is 5.32 Å². The molecule has 0 spiro atoms. The van der Waals surface area contributed by atoms with Gasteiger partial charge < -0.3 is 14.8 Å². The fraction of sp³-hybridized carbons (Fsp3) is 0.412. The highest BCUT2D eigenvalue weighted by molar-refractivity contribution is 5.95. The first-order valence-electron chi connectivity index (χ1n) is 7.80. The Balaban J connectivity index is 2.46. The Kier molecular flexibility index (Phi) is 6.08. The molecule has 0 unspecified atom stereocenters. The highest BCUT2D eigenvalue weighted by atomic mass is 19.1. The highest BCUT2D eigenvalue weighted by Gasteiger charge is 2.37. The molecule has 0 aliphatic carbocycles. The first-order chi connectivity index (χ1) is 11.9. The van der Waals surface area contributed by atoms with Gasteiger partial charge in [-0.05, 0) is 19.9 Å². The lowest BCUT2D eigenvalue weighted by Crippen LogP contribution is -2.48. The molecule has 1 aromatic carbocycles. The third-order valence-electron chi connectivity index (χ3n) is 3.93. The van der Waals surface area contributed by atoms with Crippen molar-refractivity contribution in [1.82, 2.24) is 10.2 Å². The van der Waals surface area contributed by atoms with E-state index in [9.17, 15) is 18.4 Å². The van der Waals surface area contributed by atoms with Crippen LogP contribution in [0.15, 0.2) is 29.5 Å². The molecule has 0 bridgehead atoms. The highest BCUT2D eigenvalue weighted by Crippen LogP contribution is 2.32. The normalized spacial score (nSPS) is 17.6. The average Bonchev–Trinajstić information content (AvgIpc) is 2.55. The van der Waals surface area contributed by atoms with Crippen LogP contribution >= 0.6 is 0 Å². The number of amides is 2. The van der Waals surface area contributed by atoms with Gasteiger partial charge in [0.05, 0.1) is 18.2 Å². The monoisotopic (exact) mass is 354 g/mol. The van der Waals surface area contributed by atoms with Gasteiger partial charge in [-0.25, -0.2) is 18.4 Å². The summed E-state index contributed by atoms with van der Waals surface area (Å²) < 4.78 is 37.4. The second-order valence-corrected chi connectivity index (χ2v) is 5.42. The number of rotatable bonds is 6. The molecule has 0 aromatic heterocycles. The van der Waals surface area contributed by atoms with Crippen molar-refractivity contribution in [1.29, 1.82) is 0 Å². The summed E-state index contributed by atoms with van der Waals surface area (Å²) in [5, 5.41) is 2.58. The van der Waals surface area contributed by atoms with Crippen LogP contribution in [0.3, 0.4) is 0 Å². The Morgan fingerprint density at radius 3 is 2.64 bits per heavy atom. The van der Waals surface area contributed by atoms with Crippen LogP contribution in [0.5, 0.6) is 0 Å². The zero-order valence-corrected chi connectivity index (χ0v) is 14.3. The number of carbonyl (C=O) groups is 2. The molecule has 0 fully saturated rings. The molecule has 1 aliphatic heterocycles. The summed E-state index contributed by atoms with van der Waals surface area (Å²) in [5.41, 5.74) is 0.453. The third-order valence-corrected chi connectivity index (χ3v) is 3.93. The molecule has 2 amide bonds. The van der Waals surface area contributed by atoms with Gasteiger partial charge in [0.2, 0.25) is 0 Å². The maximum atomic E-state index is 14.2. The van der Waals surface area contributed by atoms with E-state index in [4.69, 9.17) is 9.47 Å². The van der Waals surface area contributed by atoms with Crippen LogP contribution in [-0.4, -0.2) is 43.8 Å². The Morgan fingerprint density at radius 1 is 1.32 bits per heavy atom. The zero-order chi connectivity index (χ0) is 18.6. The molecule has 0 saturated heterocycles. The number of ether oxygens (including phenoxy) is 2. The first-order valence-corrected chi connectivity index (χ1v) is 7.80. The van der Waals surface area contributed by atoms with Crippen molar-refractivity contribution in [2.24, 2.45) is 0 Å². The number of nitrogens with zero attached hydrogens (tertiary/aromatic N) is 1. The molecule has 8 heteroatoms. The van der Waals surface area contributed by atoms with Crippen LogP contribution in [-0.2, 0) is 14.3 Å². The predicted molar refractivity (Wildman–Crippen MR) is 85.5 cm³/mol. The van der Waals surface area contributed by atoms with Gasteiger partial charge in [-0.3, -0.25) is 4.90 Å². The number of esters is 1. The quantitative estimate of drug-likeness (QED) is 0.630. The van der Waals surface area contributed by atoms with Gasteiger partial charge in [0.15, 0.2) is 0 Å². The Hall–Kier alpha value is -2.48. The molecular weight excluding hydrogens is 334 g/mol. The van der Waals surface area contributed by atoms with Crippen LogP contribution in [0.1, 0.15) is 25.5 Å². The van der Waals surface area contributed by atoms with Crippen molar-refractivity contribution in [3.8, 4) is 0 Å². The molecule has 2 rings (SSSR count). The molecule has 1 atom stereocenters. The molecule has 1 aliphatic rings. The molecule has 1 aromatic rings. The summed E-state index contributed by atoms with van der Waals surface area (Å²) in [4.78, 5) is 26.1. The SMILES string of the molecule is CCN1C(=O)N[C@H](c2ccc(F)cc2F)C(C(=O)OCCOC)=C1C. The van der Waals surface area contributed by atoms with Crippen molar-refractivity contribution in [3.63, 3.8) is 0 Å². The molecule has 1 heterocycles. The number of benzene rings is 1. The van der Waals surface area contributed by atoms with Crippen LogP contribution in [0.25, 0.3) is 0 Å². The summed E-state index contributed by atoms with van der Waals surface area (Å²) >= 11 is 0. The molecule has 1 N–H and O–H groups in total. The number of methoxy groups -OCH3 is 1. The van der Waals surface area contributed by atoms with Gasteiger partial charge in [-0.2, -0.15) is 0 Å². The van der Waals surface area contributed by atoms with Gasteiger partial charge >= 0.3 is 12.0 Å². The summed E-state index contributed by atoms with van der Waals surface area (Å²) in [6, 6.07) is 1.44. The number of hydrogen-bond donors (Lipinski definition) is 1. The number of hydrogen-bond acceptors (Lipinski definition) is 4. The van der Waals surface area contributed by atoms with E-state index in [0.717, 1.165) is 6.07 Å². The van der Waals surface area contributed by atoms with E-state index in [0.29, 0.717) is 18.3 Å². The first kappa shape index (κ1) is 18.9. The fourth-order valence-corrected chi connectivity index (χ4v) is 2.69. The summed E-state index contributed by atoms with van der Waals surface area (Å²) in [5.74, 6) is -2.30. The van der Waals surface area contributed by atoms with E-state index in [-0.39, 0.29) is 24.4 Å². The number of carbonyl (C=O) groups excluding carboxylic acids is 2. The standard InChI is InChI=1S/C17H20F2N2O4/c1-4-21-10(2)14(16(22)25-8-7-24-3)15(20-17(21)23)12-6-5-11(18)9-13(12)19/h5-6,9,15H,4,7-8H2,1-3H3,(H,20,23)/t15-/m1/s1. The minimum Gasteiger partial charge on any atom is -0.460 e. The van der Waals surface area contributed by atoms with Crippen LogP contribution in [0.2, 0.25) is 0 Å². The number of nitrogens with one attached hydrogen (secondary N) is 1. The second-order valence-electron chi connectivity index (χ2n) is 5.42. The van der Waals surface area contributed by atoms with E-state index in [1.807, 2.05) is 0 Å². The fourth-order valence-electron chi connectivity index (χ4n) is 2.69. The van der Waals surface area contributed by atoms with Crippen molar-refractivity contribution in [2.75, 3.05) is 26.9 Å². The predicted octanol–water partition coefficient (Wildman–Crippen LogP) is 2.51. The smallest absolute Gasteiger partial charge is 0.338 e. The van der Waals surface area contributed by atoms with Crippen molar-refractivity contribution < 1.29 is 27.8 Å². The number of halogens is 2. The summed E-state index contributed by atoms with van der Waals surface area (Å²) in [7, 11) is 1.47.